The average molecular weight is 333 g/mol. The molecule has 0 bridgehead atoms. The van der Waals surface area contributed by atoms with Crippen LogP contribution in [-0.4, -0.2) is 36.5 Å². The van der Waals surface area contributed by atoms with Crippen molar-refractivity contribution in [2.75, 3.05) is 19.6 Å². The van der Waals surface area contributed by atoms with E-state index in [0.29, 0.717) is 18.1 Å². The Hall–Kier alpha value is -0.620. The highest BCUT2D eigenvalue weighted by molar-refractivity contribution is 9.10. The molecule has 0 aliphatic carbocycles. The first-order chi connectivity index (χ1) is 8.58. The number of hydrogen-bond donors (Lipinski definition) is 2. The molecule has 1 saturated heterocycles. The first-order valence-electron chi connectivity index (χ1n) is 5.76. The summed E-state index contributed by atoms with van der Waals surface area (Å²) >= 11 is 9.42. The molecule has 1 fully saturated rings. The summed E-state index contributed by atoms with van der Waals surface area (Å²) < 4.78 is 0.875. The second kappa shape index (κ2) is 6.02. The minimum absolute atomic E-state index is 0.249. The van der Waals surface area contributed by atoms with E-state index in [0.717, 1.165) is 23.1 Å². The molecule has 1 aromatic rings. The molecule has 0 aromatic heterocycles. The third-order valence-corrected chi connectivity index (χ3v) is 4.28. The number of hydrogen-bond acceptors (Lipinski definition) is 3. The van der Waals surface area contributed by atoms with Gasteiger partial charge in [0.25, 0.3) is 0 Å². The summed E-state index contributed by atoms with van der Waals surface area (Å²) in [5.74, 6) is -0.287. The fraction of sp³-hybridized carbons (Fsp3) is 0.417. The van der Waals surface area contributed by atoms with Crippen molar-refractivity contribution in [3.8, 4) is 0 Å². The largest absolute Gasteiger partial charge is 0.368 e. The number of halogens is 2. The minimum atomic E-state index is -0.287. The quantitative estimate of drug-likeness (QED) is 0.879. The van der Waals surface area contributed by atoms with Crippen LogP contribution in [0.5, 0.6) is 0 Å². The molecule has 1 heterocycles. The van der Waals surface area contributed by atoms with Crippen LogP contribution in [0.2, 0.25) is 5.02 Å². The zero-order valence-corrected chi connectivity index (χ0v) is 12.2. The van der Waals surface area contributed by atoms with Crippen molar-refractivity contribution in [1.29, 1.82) is 0 Å². The van der Waals surface area contributed by atoms with Crippen LogP contribution in [0.4, 0.5) is 0 Å². The van der Waals surface area contributed by atoms with Crippen LogP contribution in [0.25, 0.3) is 0 Å². The maximum Gasteiger partial charge on any atom is 0.236 e. The van der Waals surface area contributed by atoms with Gasteiger partial charge in [-0.2, -0.15) is 0 Å². The number of nitrogens with two attached hydrogens (primary N) is 1. The van der Waals surface area contributed by atoms with Crippen LogP contribution < -0.4 is 11.1 Å². The fourth-order valence-corrected chi connectivity index (χ4v) is 2.54. The van der Waals surface area contributed by atoms with Crippen LogP contribution in [0.3, 0.4) is 0 Å². The summed E-state index contributed by atoms with van der Waals surface area (Å²) in [6, 6.07) is 5.57. The summed E-state index contributed by atoms with van der Waals surface area (Å²) in [5.41, 5.74) is 6.49. The number of benzene rings is 1. The van der Waals surface area contributed by atoms with Gasteiger partial charge in [0.1, 0.15) is 6.04 Å². The summed E-state index contributed by atoms with van der Waals surface area (Å²) in [6.45, 7) is 2.97. The number of nitrogens with zero attached hydrogens (tertiary/aromatic N) is 1. The SMILES string of the molecule is NC(=O)C1CNCCN1Cc1ccc(Br)c(Cl)c1. The lowest BCUT2D eigenvalue weighted by Gasteiger charge is -2.34. The Morgan fingerprint density at radius 2 is 2.39 bits per heavy atom. The van der Waals surface area contributed by atoms with Gasteiger partial charge in [-0.1, -0.05) is 17.7 Å². The van der Waals surface area contributed by atoms with Gasteiger partial charge in [-0.05, 0) is 33.6 Å². The zero-order valence-electron chi connectivity index (χ0n) is 9.83. The van der Waals surface area contributed by atoms with Crippen molar-refractivity contribution in [2.45, 2.75) is 12.6 Å². The summed E-state index contributed by atoms with van der Waals surface area (Å²) in [7, 11) is 0. The average Bonchev–Trinajstić information content (AvgIpc) is 2.34. The van der Waals surface area contributed by atoms with E-state index in [1.165, 1.54) is 0 Å². The molecule has 1 amide bonds. The van der Waals surface area contributed by atoms with Gasteiger partial charge in [-0.15, -0.1) is 0 Å². The molecule has 1 aromatic carbocycles. The third-order valence-electron chi connectivity index (χ3n) is 3.05. The van der Waals surface area contributed by atoms with E-state index >= 15 is 0 Å². The second-order valence-electron chi connectivity index (χ2n) is 4.34. The smallest absolute Gasteiger partial charge is 0.236 e. The Labute approximate surface area is 120 Å². The molecule has 1 atom stereocenters. The maximum absolute atomic E-state index is 11.4. The van der Waals surface area contributed by atoms with Crippen LogP contribution >= 0.6 is 27.5 Å². The predicted octanol–water partition coefficient (Wildman–Crippen LogP) is 1.36. The Balaban J connectivity index is 2.10. The number of carbonyl (C=O) groups is 1. The number of rotatable bonds is 3. The van der Waals surface area contributed by atoms with E-state index in [1.807, 2.05) is 18.2 Å². The Morgan fingerprint density at radius 1 is 1.61 bits per heavy atom. The molecule has 1 unspecified atom stereocenters. The highest BCUT2D eigenvalue weighted by Gasteiger charge is 2.26. The molecule has 2 rings (SSSR count). The van der Waals surface area contributed by atoms with Gasteiger partial charge in [0.2, 0.25) is 5.91 Å². The van der Waals surface area contributed by atoms with Crippen LogP contribution in [-0.2, 0) is 11.3 Å². The molecular formula is C12H15BrClN3O. The molecule has 1 aliphatic heterocycles. The molecule has 6 heteroatoms. The van der Waals surface area contributed by atoms with E-state index in [4.69, 9.17) is 17.3 Å². The van der Waals surface area contributed by atoms with E-state index in [9.17, 15) is 4.79 Å². The number of primary amides is 1. The van der Waals surface area contributed by atoms with Gasteiger partial charge in [0.05, 0.1) is 5.02 Å². The van der Waals surface area contributed by atoms with Crippen molar-refractivity contribution in [2.24, 2.45) is 5.73 Å². The van der Waals surface area contributed by atoms with Crippen molar-refractivity contribution in [3.05, 3.63) is 33.3 Å². The number of carbonyl (C=O) groups excluding carboxylic acids is 1. The van der Waals surface area contributed by atoms with Crippen molar-refractivity contribution >= 4 is 33.4 Å². The first-order valence-corrected chi connectivity index (χ1v) is 6.93. The standard InChI is InChI=1S/C12H15BrClN3O/c13-9-2-1-8(5-10(9)14)7-17-4-3-16-6-11(17)12(15)18/h1-2,5,11,16H,3-4,6-7H2,(H2,15,18). The Kier molecular flexibility index (Phi) is 4.61. The molecule has 0 spiro atoms. The van der Waals surface area contributed by atoms with Crippen LogP contribution in [0.1, 0.15) is 5.56 Å². The van der Waals surface area contributed by atoms with Crippen LogP contribution in [0.15, 0.2) is 22.7 Å². The fourth-order valence-electron chi connectivity index (χ4n) is 2.09. The zero-order chi connectivity index (χ0) is 13.1. The molecule has 3 N–H and O–H groups in total. The normalized spacial score (nSPS) is 20.9. The van der Waals surface area contributed by atoms with E-state index < -0.39 is 0 Å². The van der Waals surface area contributed by atoms with Gasteiger partial charge < -0.3 is 11.1 Å². The number of nitrogens with one attached hydrogen (secondary N) is 1. The Morgan fingerprint density at radius 3 is 3.06 bits per heavy atom. The van der Waals surface area contributed by atoms with Crippen LogP contribution in [0, 0.1) is 0 Å². The summed E-state index contributed by atoms with van der Waals surface area (Å²) in [4.78, 5) is 13.5. The van der Waals surface area contributed by atoms with Crippen molar-refractivity contribution in [3.63, 3.8) is 0 Å². The van der Waals surface area contributed by atoms with Gasteiger partial charge in [0.15, 0.2) is 0 Å². The lowest BCUT2D eigenvalue weighted by molar-refractivity contribution is -0.124. The van der Waals surface area contributed by atoms with Crippen molar-refractivity contribution in [1.82, 2.24) is 10.2 Å². The topological polar surface area (TPSA) is 58.4 Å². The van der Waals surface area contributed by atoms with E-state index in [-0.39, 0.29) is 11.9 Å². The van der Waals surface area contributed by atoms with Crippen molar-refractivity contribution < 1.29 is 4.79 Å². The lowest BCUT2D eigenvalue weighted by Crippen LogP contribution is -2.56. The van der Waals surface area contributed by atoms with Gasteiger partial charge >= 0.3 is 0 Å². The van der Waals surface area contributed by atoms with Gasteiger partial charge in [-0.25, -0.2) is 0 Å². The molecule has 4 nitrogen and oxygen atoms in total. The van der Waals surface area contributed by atoms with Gasteiger partial charge in [-0.3, -0.25) is 9.69 Å². The highest BCUT2D eigenvalue weighted by Crippen LogP contribution is 2.24. The third kappa shape index (κ3) is 3.23. The molecule has 98 valence electrons. The molecule has 0 saturated carbocycles. The number of piperazine rings is 1. The minimum Gasteiger partial charge on any atom is -0.368 e. The van der Waals surface area contributed by atoms with Gasteiger partial charge in [0, 0.05) is 30.7 Å². The molecule has 0 radical (unpaired) electrons. The lowest BCUT2D eigenvalue weighted by atomic mass is 10.1. The summed E-state index contributed by atoms with van der Waals surface area (Å²) in [6.07, 6.45) is 0. The number of amides is 1. The monoisotopic (exact) mass is 331 g/mol. The second-order valence-corrected chi connectivity index (χ2v) is 5.60. The molecular weight excluding hydrogens is 318 g/mol. The maximum atomic E-state index is 11.4. The molecule has 1 aliphatic rings. The summed E-state index contributed by atoms with van der Waals surface area (Å²) in [5, 5.41) is 3.86. The van der Waals surface area contributed by atoms with E-state index in [2.05, 4.69) is 26.1 Å². The predicted molar refractivity (Wildman–Crippen MR) is 75.4 cm³/mol. The molecule has 18 heavy (non-hydrogen) atoms. The first kappa shape index (κ1) is 13.8. The van der Waals surface area contributed by atoms with E-state index in [1.54, 1.807) is 0 Å². The highest BCUT2D eigenvalue weighted by atomic mass is 79.9. The Bertz CT molecular complexity index is 455.